The molecule has 3 rings (SSSR count). The minimum absolute atomic E-state index is 0.166. The minimum Gasteiger partial charge on any atom is -0.495 e. The molecule has 172 valence electrons. The van der Waals surface area contributed by atoms with Crippen molar-refractivity contribution in [2.45, 2.75) is 26.4 Å². The zero-order chi connectivity index (χ0) is 24.2. The monoisotopic (exact) mass is 474 g/mol. The van der Waals surface area contributed by atoms with Crippen molar-refractivity contribution < 1.29 is 22.1 Å². The summed E-state index contributed by atoms with van der Waals surface area (Å²) in [4.78, 5) is 12.7. The van der Waals surface area contributed by atoms with Crippen molar-refractivity contribution in [1.29, 1.82) is 0 Å². The molecular weight excluding hydrogens is 453 g/mol. The number of anilines is 1. The summed E-state index contributed by atoms with van der Waals surface area (Å²) in [5.41, 5.74) is 2.24. The molecular formula is C23H21F3N4O2S. The van der Waals surface area contributed by atoms with E-state index in [1.165, 1.54) is 31.8 Å². The number of alkyl halides is 3. The molecule has 2 heterocycles. The second-order valence-corrected chi connectivity index (χ2v) is 8.06. The Morgan fingerprint density at radius 2 is 1.94 bits per heavy atom. The average molecular weight is 475 g/mol. The smallest absolute Gasteiger partial charge is 0.419 e. The molecule has 0 aliphatic heterocycles. The van der Waals surface area contributed by atoms with E-state index in [0.29, 0.717) is 34.6 Å². The summed E-state index contributed by atoms with van der Waals surface area (Å²) in [6, 6.07) is 5.47. The number of aromatic nitrogens is 3. The van der Waals surface area contributed by atoms with Crippen molar-refractivity contribution in [3.05, 3.63) is 64.9 Å². The van der Waals surface area contributed by atoms with E-state index >= 15 is 0 Å². The van der Waals surface area contributed by atoms with Gasteiger partial charge in [0.05, 0.1) is 41.0 Å². The van der Waals surface area contributed by atoms with Crippen LogP contribution in [0.25, 0.3) is 11.3 Å². The van der Waals surface area contributed by atoms with Gasteiger partial charge in [-0.2, -0.15) is 13.2 Å². The molecule has 0 amide bonds. The molecule has 1 atom stereocenters. The quantitative estimate of drug-likeness (QED) is 0.550. The molecule has 10 heteroatoms. The molecule has 2 aromatic heterocycles. The number of pyridine rings is 1. The Morgan fingerprint density at radius 1 is 1.18 bits per heavy atom. The molecule has 0 aliphatic carbocycles. The number of nitrogens with zero attached hydrogens (tertiary/aromatic N) is 3. The van der Waals surface area contributed by atoms with Crippen molar-refractivity contribution in [2.75, 3.05) is 18.1 Å². The second-order valence-electron chi connectivity index (χ2n) is 6.94. The Morgan fingerprint density at radius 3 is 2.58 bits per heavy atom. The molecule has 0 spiro atoms. The fourth-order valence-electron chi connectivity index (χ4n) is 3.19. The summed E-state index contributed by atoms with van der Waals surface area (Å²) in [6.45, 7) is 3.64. The topological polar surface area (TPSA) is 77.0 Å². The lowest BCUT2D eigenvalue weighted by Crippen LogP contribution is -2.09. The maximum absolute atomic E-state index is 13.5. The van der Waals surface area contributed by atoms with E-state index in [1.54, 1.807) is 19.2 Å². The third-order valence-corrected chi connectivity index (χ3v) is 5.22. The van der Waals surface area contributed by atoms with E-state index in [9.17, 15) is 17.4 Å². The fraction of sp³-hybridized carbons (Fsp3) is 0.261. The van der Waals surface area contributed by atoms with Crippen LogP contribution in [-0.2, 0) is 23.6 Å². The summed E-state index contributed by atoms with van der Waals surface area (Å²) in [7, 11) is -0.100. The Balaban J connectivity index is 2.18. The molecule has 1 N–H and O–H groups in total. The van der Waals surface area contributed by atoms with Crippen LogP contribution < -0.4 is 9.46 Å². The van der Waals surface area contributed by atoms with Crippen LogP contribution in [0.15, 0.2) is 36.8 Å². The normalized spacial score (nSPS) is 12.0. The number of aryl methyl sites for hydroxylation is 2. The average Bonchev–Trinajstić information content (AvgIpc) is 2.77. The molecule has 33 heavy (non-hydrogen) atoms. The van der Waals surface area contributed by atoms with Gasteiger partial charge in [-0.25, -0.2) is 14.2 Å². The lowest BCUT2D eigenvalue weighted by molar-refractivity contribution is -0.138. The Bertz CT molecular complexity index is 1270. The van der Waals surface area contributed by atoms with Gasteiger partial charge < -0.3 is 9.46 Å². The highest BCUT2D eigenvalue weighted by Crippen LogP contribution is 2.42. The predicted octanol–water partition coefficient (Wildman–Crippen LogP) is 4.54. The number of hydrogen-bond donors (Lipinski definition) is 1. The zero-order valence-electron chi connectivity index (χ0n) is 18.4. The Labute approximate surface area is 192 Å². The van der Waals surface area contributed by atoms with E-state index in [4.69, 9.17) is 4.74 Å². The van der Waals surface area contributed by atoms with E-state index < -0.39 is 22.7 Å². The predicted molar refractivity (Wildman–Crippen MR) is 121 cm³/mol. The SMILES string of the molecule is CCc1ncnc(-c2cccc(C(F)(F)F)c2OC)c1C#Cc1cnc(C)c(NS(C)=O)c1. The first-order valence-electron chi connectivity index (χ1n) is 9.82. The van der Waals surface area contributed by atoms with E-state index in [-0.39, 0.29) is 17.0 Å². The van der Waals surface area contributed by atoms with Gasteiger partial charge in [0.15, 0.2) is 0 Å². The molecule has 0 bridgehead atoms. The first-order chi connectivity index (χ1) is 15.7. The summed E-state index contributed by atoms with van der Waals surface area (Å²) < 4.78 is 60.1. The van der Waals surface area contributed by atoms with Gasteiger partial charge >= 0.3 is 6.18 Å². The van der Waals surface area contributed by atoms with Gasteiger partial charge in [-0.1, -0.05) is 24.8 Å². The van der Waals surface area contributed by atoms with E-state index in [0.717, 1.165) is 6.07 Å². The maximum atomic E-state index is 13.5. The zero-order valence-corrected chi connectivity index (χ0v) is 19.2. The number of para-hydroxylation sites is 1. The van der Waals surface area contributed by atoms with Gasteiger partial charge in [-0.05, 0) is 31.5 Å². The van der Waals surface area contributed by atoms with Crippen molar-refractivity contribution in [1.82, 2.24) is 15.0 Å². The van der Waals surface area contributed by atoms with Crippen molar-refractivity contribution >= 4 is 16.7 Å². The van der Waals surface area contributed by atoms with Crippen molar-refractivity contribution in [3.63, 3.8) is 0 Å². The van der Waals surface area contributed by atoms with Gasteiger partial charge in [-0.3, -0.25) is 4.98 Å². The summed E-state index contributed by atoms with van der Waals surface area (Å²) in [5.74, 6) is 5.65. The van der Waals surface area contributed by atoms with Crippen LogP contribution in [0.2, 0.25) is 0 Å². The van der Waals surface area contributed by atoms with Gasteiger partial charge in [0.2, 0.25) is 0 Å². The van der Waals surface area contributed by atoms with Crippen LogP contribution in [0.4, 0.5) is 18.9 Å². The number of ether oxygens (including phenoxy) is 1. The Kier molecular flexibility index (Phi) is 7.33. The minimum atomic E-state index is -4.59. The molecule has 0 aliphatic rings. The summed E-state index contributed by atoms with van der Waals surface area (Å²) >= 11 is 0. The number of nitrogens with one attached hydrogen (secondary N) is 1. The third-order valence-electron chi connectivity index (χ3n) is 4.71. The standard InChI is InChI=1S/C23H21F3N4O2S/c1-5-19-16(10-9-15-11-20(30-33(4)31)14(2)27-12-15)21(29-13-28-19)17-7-6-8-18(22(17)32-3)23(24,25)26/h6-8,11-13,30H,5H2,1-4H3. The molecule has 0 saturated heterocycles. The van der Waals surface area contributed by atoms with Gasteiger partial charge in [0, 0.05) is 23.6 Å². The molecule has 1 unspecified atom stereocenters. The highest BCUT2D eigenvalue weighted by atomic mass is 32.2. The van der Waals surface area contributed by atoms with Gasteiger partial charge in [-0.15, -0.1) is 0 Å². The first-order valence-corrected chi connectivity index (χ1v) is 11.4. The van der Waals surface area contributed by atoms with Crippen molar-refractivity contribution in [3.8, 4) is 28.8 Å². The Hall–Kier alpha value is -3.45. The van der Waals surface area contributed by atoms with Crippen LogP contribution in [0.3, 0.4) is 0 Å². The lowest BCUT2D eigenvalue weighted by Gasteiger charge is -2.16. The lowest BCUT2D eigenvalue weighted by atomic mass is 9.99. The van der Waals surface area contributed by atoms with Crippen molar-refractivity contribution in [2.24, 2.45) is 0 Å². The van der Waals surface area contributed by atoms with Crippen LogP contribution in [0.5, 0.6) is 5.75 Å². The van der Waals surface area contributed by atoms with E-state index in [2.05, 4.69) is 31.5 Å². The molecule has 0 radical (unpaired) electrons. The summed E-state index contributed by atoms with van der Waals surface area (Å²) in [6.07, 6.45) is 0.261. The van der Waals surface area contributed by atoms with Gasteiger partial charge in [0.1, 0.15) is 23.1 Å². The maximum Gasteiger partial charge on any atom is 0.419 e. The number of benzene rings is 1. The first kappa shape index (κ1) is 24.2. The number of methoxy groups -OCH3 is 1. The number of halogens is 3. The van der Waals surface area contributed by atoms with Gasteiger partial charge in [0.25, 0.3) is 0 Å². The highest BCUT2D eigenvalue weighted by molar-refractivity contribution is 7.85. The molecule has 6 nitrogen and oxygen atoms in total. The van der Waals surface area contributed by atoms with Crippen LogP contribution in [-0.4, -0.2) is 32.5 Å². The second kappa shape index (κ2) is 10.0. The highest BCUT2D eigenvalue weighted by Gasteiger charge is 2.35. The molecule has 3 aromatic rings. The number of rotatable bonds is 5. The molecule has 1 aromatic carbocycles. The number of hydrogen-bond acceptors (Lipinski definition) is 5. The molecule has 0 fully saturated rings. The van der Waals surface area contributed by atoms with Crippen LogP contribution in [0.1, 0.15) is 35.0 Å². The largest absolute Gasteiger partial charge is 0.495 e. The third kappa shape index (κ3) is 5.49. The van der Waals surface area contributed by atoms with Crippen LogP contribution in [0, 0.1) is 18.8 Å². The molecule has 0 saturated carbocycles. The van der Waals surface area contributed by atoms with Crippen LogP contribution >= 0.6 is 0 Å². The summed E-state index contributed by atoms with van der Waals surface area (Å²) in [5, 5.41) is 0. The fourth-order valence-corrected chi connectivity index (χ4v) is 3.70. The van der Waals surface area contributed by atoms with E-state index in [1.807, 2.05) is 6.92 Å².